The predicted octanol–water partition coefficient (Wildman–Crippen LogP) is -1.07. The minimum Gasteiger partial charge on any atom is -0.311 e. The third-order valence-electron chi connectivity index (χ3n) is 1.28. The van der Waals surface area contributed by atoms with Gasteiger partial charge in [-0.25, -0.2) is 5.10 Å². The topological polar surface area (TPSA) is 86.9 Å². The first-order valence-corrected chi connectivity index (χ1v) is 3.72. The SMILES string of the molecule is CNCC(=O)Nc1ccc(=O)[nH]n1. The number of hydrogen-bond donors (Lipinski definition) is 3. The second-order valence-electron chi connectivity index (χ2n) is 2.38. The summed E-state index contributed by atoms with van der Waals surface area (Å²) < 4.78 is 0. The molecule has 0 aliphatic rings. The molecule has 3 N–H and O–H groups in total. The van der Waals surface area contributed by atoms with Gasteiger partial charge in [-0.2, -0.15) is 5.10 Å². The van der Waals surface area contributed by atoms with Gasteiger partial charge in [-0.1, -0.05) is 0 Å². The summed E-state index contributed by atoms with van der Waals surface area (Å²) in [5.74, 6) is 0.127. The van der Waals surface area contributed by atoms with Crippen molar-refractivity contribution < 1.29 is 4.79 Å². The number of aromatic amines is 1. The summed E-state index contributed by atoms with van der Waals surface area (Å²) in [4.78, 5) is 21.6. The number of likely N-dealkylation sites (N-methyl/N-ethyl adjacent to an activating group) is 1. The maximum Gasteiger partial charge on any atom is 0.264 e. The summed E-state index contributed by atoms with van der Waals surface area (Å²) in [6, 6.07) is 2.73. The van der Waals surface area contributed by atoms with E-state index in [-0.39, 0.29) is 18.0 Å². The zero-order chi connectivity index (χ0) is 9.68. The Morgan fingerprint density at radius 3 is 2.92 bits per heavy atom. The predicted molar refractivity (Wildman–Crippen MR) is 47.4 cm³/mol. The molecule has 0 saturated heterocycles. The molecule has 0 spiro atoms. The van der Waals surface area contributed by atoms with Crippen LogP contribution in [0, 0.1) is 0 Å². The number of nitrogens with one attached hydrogen (secondary N) is 3. The first-order chi connectivity index (χ1) is 6.22. The quantitative estimate of drug-likeness (QED) is 0.555. The molecule has 0 atom stereocenters. The molecule has 0 bridgehead atoms. The van der Waals surface area contributed by atoms with E-state index in [2.05, 4.69) is 20.8 Å². The van der Waals surface area contributed by atoms with E-state index in [9.17, 15) is 9.59 Å². The van der Waals surface area contributed by atoms with Crippen LogP contribution in [0.2, 0.25) is 0 Å². The molecule has 0 aliphatic heterocycles. The van der Waals surface area contributed by atoms with Crippen LogP contribution in [-0.2, 0) is 4.79 Å². The molecule has 1 aromatic rings. The number of anilines is 1. The van der Waals surface area contributed by atoms with Gasteiger partial charge in [0.25, 0.3) is 5.56 Å². The van der Waals surface area contributed by atoms with Crippen LogP contribution in [0.5, 0.6) is 0 Å². The molecule has 1 heterocycles. The lowest BCUT2D eigenvalue weighted by molar-refractivity contribution is -0.115. The van der Waals surface area contributed by atoms with Crippen molar-refractivity contribution in [3.8, 4) is 0 Å². The molecule has 0 saturated carbocycles. The Balaban J connectivity index is 2.59. The van der Waals surface area contributed by atoms with E-state index in [1.165, 1.54) is 12.1 Å². The first kappa shape index (κ1) is 9.40. The Hall–Kier alpha value is -1.69. The summed E-state index contributed by atoms with van der Waals surface area (Å²) in [7, 11) is 1.67. The number of rotatable bonds is 3. The van der Waals surface area contributed by atoms with Crippen LogP contribution in [0.4, 0.5) is 5.82 Å². The largest absolute Gasteiger partial charge is 0.311 e. The van der Waals surface area contributed by atoms with Crippen LogP contribution in [0.25, 0.3) is 0 Å². The lowest BCUT2D eigenvalue weighted by Crippen LogP contribution is -2.26. The average molecular weight is 182 g/mol. The van der Waals surface area contributed by atoms with Gasteiger partial charge in [-0.05, 0) is 13.1 Å². The van der Waals surface area contributed by atoms with Crippen molar-refractivity contribution in [2.75, 3.05) is 18.9 Å². The van der Waals surface area contributed by atoms with E-state index >= 15 is 0 Å². The standard InChI is InChI=1S/C7H10N4O2/c1-8-4-7(13)9-5-2-3-6(12)11-10-5/h2-3,8H,4H2,1H3,(H,11,12)(H,9,10,13). The zero-order valence-corrected chi connectivity index (χ0v) is 7.13. The highest BCUT2D eigenvalue weighted by Gasteiger charge is 2.00. The number of carbonyl (C=O) groups is 1. The number of H-pyrrole nitrogens is 1. The Morgan fingerprint density at radius 1 is 1.62 bits per heavy atom. The summed E-state index contributed by atoms with van der Waals surface area (Å²) in [5, 5.41) is 11.0. The third kappa shape index (κ3) is 3.04. The Morgan fingerprint density at radius 2 is 2.38 bits per heavy atom. The molecule has 6 nitrogen and oxygen atoms in total. The fraction of sp³-hybridized carbons (Fsp3) is 0.286. The van der Waals surface area contributed by atoms with Gasteiger partial charge in [0.1, 0.15) is 0 Å². The van der Waals surface area contributed by atoms with E-state index in [1.807, 2.05) is 0 Å². The molecular weight excluding hydrogens is 172 g/mol. The Kier molecular flexibility index (Phi) is 3.15. The molecule has 6 heteroatoms. The smallest absolute Gasteiger partial charge is 0.264 e. The summed E-state index contributed by atoms with van der Waals surface area (Å²) >= 11 is 0. The lowest BCUT2D eigenvalue weighted by atomic mass is 10.5. The fourth-order valence-electron chi connectivity index (χ4n) is 0.762. The number of aromatic nitrogens is 2. The minimum atomic E-state index is -0.299. The van der Waals surface area contributed by atoms with Gasteiger partial charge in [0, 0.05) is 6.07 Å². The van der Waals surface area contributed by atoms with E-state index in [0.717, 1.165) is 0 Å². The third-order valence-corrected chi connectivity index (χ3v) is 1.28. The van der Waals surface area contributed by atoms with Gasteiger partial charge in [0.15, 0.2) is 5.82 Å². The minimum absolute atomic E-state index is 0.206. The van der Waals surface area contributed by atoms with Crippen molar-refractivity contribution in [1.82, 2.24) is 15.5 Å². The molecule has 0 radical (unpaired) electrons. The first-order valence-electron chi connectivity index (χ1n) is 3.72. The molecule has 0 aromatic carbocycles. The highest BCUT2D eigenvalue weighted by atomic mass is 16.2. The van der Waals surface area contributed by atoms with Crippen LogP contribution >= 0.6 is 0 Å². The van der Waals surface area contributed by atoms with Gasteiger partial charge in [-0.3, -0.25) is 9.59 Å². The summed E-state index contributed by atoms with van der Waals surface area (Å²) in [6.45, 7) is 0.209. The van der Waals surface area contributed by atoms with Crippen molar-refractivity contribution in [1.29, 1.82) is 0 Å². The highest BCUT2D eigenvalue weighted by molar-refractivity contribution is 5.91. The van der Waals surface area contributed by atoms with Crippen LogP contribution in [0.1, 0.15) is 0 Å². The number of hydrogen-bond acceptors (Lipinski definition) is 4. The molecular formula is C7H10N4O2. The normalized spacial score (nSPS) is 9.62. The van der Waals surface area contributed by atoms with Crippen molar-refractivity contribution >= 4 is 11.7 Å². The van der Waals surface area contributed by atoms with Gasteiger partial charge >= 0.3 is 0 Å². The molecule has 1 aromatic heterocycles. The number of amides is 1. The van der Waals surface area contributed by atoms with Crippen LogP contribution in [0.3, 0.4) is 0 Å². The summed E-state index contributed by atoms with van der Waals surface area (Å²) in [6.07, 6.45) is 0. The average Bonchev–Trinajstić information content (AvgIpc) is 2.09. The van der Waals surface area contributed by atoms with Crippen LogP contribution < -0.4 is 16.2 Å². The summed E-state index contributed by atoms with van der Waals surface area (Å²) in [5.41, 5.74) is -0.299. The second-order valence-corrected chi connectivity index (χ2v) is 2.38. The van der Waals surface area contributed by atoms with E-state index < -0.39 is 0 Å². The number of nitrogens with zero attached hydrogens (tertiary/aromatic N) is 1. The van der Waals surface area contributed by atoms with Gasteiger partial charge in [-0.15, -0.1) is 0 Å². The second kappa shape index (κ2) is 4.36. The van der Waals surface area contributed by atoms with Gasteiger partial charge in [0.05, 0.1) is 6.54 Å². The van der Waals surface area contributed by atoms with E-state index in [0.29, 0.717) is 5.82 Å². The molecule has 1 amide bonds. The van der Waals surface area contributed by atoms with Crippen LogP contribution in [0.15, 0.2) is 16.9 Å². The van der Waals surface area contributed by atoms with Crippen molar-refractivity contribution in [3.05, 3.63) is 22.5 Å². The Bertz CT molecular complexity index is 326. The molecule has 70 valence electrons. The maximum absolute atomic E-state index is 11.0. The van der Waals surface area contributed by atoms with Crippen molar-refractivity contribution in [3.63, 3.8) is 0 Å². The lowest BCUT2D eigenvalue weighted by Gasteiger charge is -2.01. The van der Waals surface area contributed by atoms with Crippen molar-refractivity contribution in [2.45, 2.75) is 0 Å². The molecule has 13 heavy (non-hydrogen) atoms. The molecule has 0 unspecified atom stereocenters. The fourth-order valence-corrected chi connectivity index (χ4v) is 0.762. The van der Waals surface area contributed by atoms with Gasteiger partial charge in [0.2, 0.25) is 5.91 Å². The van der Waals surface area contributed by atoms with E-state index in [4.69, 9.17) is 0 Å². The number of carbonyl (C=O) groups excluding carboxylic acids is 1. The van der Waals surface area contributed by atoms with Crippen LogP contribution in [-0.4, -0.2) is 29.7 Å². The molecule has 1 rings (SSSR count). The van der Waals surface area contributed by atoms with E-state index in [1.54, 1.807) is 7.05 Å². The monoisotopic (exact) mass is 182 g/mol. The van der Waals surface area contributed by atoms with Gasteiger partial charge < -0.3 is 10.6 Å². The molecule has 0 fully saturated rings. The zero-order valence-electron chi connectivity index (χ0n) is 7.13. The van der Waals surface area contributed by atoms with Crippen molar-refractivity contribution in [2.24, 2.45) is 0 Å². The Labute approximate surface area is 74.4 Å². The molecule has 0 aliphatic carbocycles. The highest BCUT2D eigenvalue weighted by Crippen LogP contribution is 1.94. The maximum atomic E-state index is 11.0.